The van der Waals surface area contributed by atoms with Crippen LogP contribution in [0.25, 0.3) is 16.7 Å². The van der Waals surface area contributed by atoms with Crippen molar-refractivity contribution in [2.45, 2.75) is 31.8 Å². The number of anilines is 1. The Morgan fingerprint density at radius 3 is 2.66 bits per heavy atom. The number of morpholine rings is 1. The number of aliphatic hydroxyl groups is 1. The molecule has 11 nitrogen and oxygen atoms in total. The maximum absolute atomic E-state index is 11.3. The predicted molar refractivity (Wildman–Crippen MR) is 129 cm³/mol. The SMILES string of the molecule is COc1nc(N2CCOC(CO)C2)cc(-n2ncc3cc(C)c(C4CCN(C(=O)O)CC4)cc32)n1. The molecule has 0 spiro atoms. The van der Waals surface area contributed by atoms with Gasteiger partial charge < -0.3 is 29.5 Å². The van der Waals surface area contributed by atoms with Crippen LogP contribution in [-0.4, -0.2) is 93.6 Å². The fourth-order valence-electron chi connectivity index (χ4n) is 5.01. The van der Waals surface area contributed by atoms with Gasteiger partial charge in [-0.05, 0) is 48.9 Å². The van der Waals surface area contributed by atoms with Gasteiger partial charge in [0, 0.05) is 37.6 Å². The van der Waals surface area contributed by atoms with Crippen LogP contribution in [0.2, 0.25) is 0 Å². The largest absolute Gasteiger partial charge is 0.467 e. The van der Waals surface area contributed by atoms with Crippen LogP contribution < -0.4 is 9.64 Å². The third-order valence-electron chi connectivity index (χ3n) is 6.91. The number of rotatable bonds is 5. The number of aryl methyl sites for hydroxylation is 1. The van der Waals surface area contributed by atoms with Gasteiger partial charge in [0.2, 0.25) is 0 Å². The predicted octanol–water partition coefficient (Wildman–Crippen LogP) is 2.19. The van der Waals surface area contributed by atoms with E-state index < -0.39 is 6.09 Å². The first-order chi connectivity index (χ1) is 17.0. The fourth-order valence-corrected chi connectivity index (χ4v) is 5.01. The van der Waals surface area contributed by atoms with Crippen LogP contribution in [0.5, 0.6) is 6.01 Å². The van der Waals surface area contributed by atoms with Crippen molar-refractivity contribution >= 4 is 22.8 Å². The molecule has 1 amide bonds. The second kappa shape index (κ2) is 9.67. The zero-order chi connectivity index (χ0) is 24.5. The lowest BCUT2D eigenvalue weighted by atomic mass is 9.86. The summed E-state index contributed by atoms with van der Waals surface area (Å²) in [6.45, 7) is 4.79. The van der Waals surface area contributed by atoms with Crippen molar-refractivity contribution in [1.82, 2.24) is 24.6 Å². The van der Waals surface area contributed by atoms with Crippen molar-refractivity contribution in [3.05, 3.63) is 35.5 Å². The molecule has 1 unspecified atom stereocenters. The van der Waals surface area contributed by atoms with E-state index in [9.17, 15) is 15.0 Å². The first-order valence-electron chi connectivity index (χ1n) is 11.8. The monoisotopic (exact) mass is 482 g/mol. The number of amides is 1. The van der Waals surface area contributed by atoms with Crippen LogP contribution in [0.3, 0.4) is 0 Å². The molecule has 0 aliphatic carbocycles. The molecular weight excluding hydrogens is 452 g/mol. The Morgan fingerprint density at radius 1 is 1.17 bits per heavy atom. The van der Waals surface area contributed by atoms with E-state index in [-0.39, 0.29) is 24.6 Å². The Balaban J connectivity index is 1.50. The second-order valence-corrected chi connectivity index (χ2v) is 9.06. The molecule has 5 rings (SSSR count). The zero-order valence-corrected chi connectivity index (χ0v) is 19.9. The average Bonchev–Trinajstić information content (AvgIpc) is 3.30. The molecule has 0 radical (unpaired) electrons. The van der Waals surface area contributed by atoms with Gasteiger partial charge >= 0.3 is 12.1 Å². The van der Waals surface area contributed by atoms with Crippen molar-refractivity contribution in [3.8, 4) is 11.8 Å². The third-order valence-corrected chi connectivity index (χ3v) is 6.91. The lowest BCUT2D eigenvalue weighted by Crippen LogP contribution is -2.44. The maximum Gasteiger partial charge on any atom is 0.407 e. The number of piperidine rings is 1. The molecule has 0 bridgehead atoms. The summed E-state index contributed by atoms with van der Waals surface area (Å²) in [5.74, 6) is 1.56. The number of carbonyl (C=O) groups is 1. The minimum absolute atomic E-state index is 0.0527. The summed E-state index contributed by atoms with van der Waals surface area (Å²) in [6.07, 6.45) is 2.29. The van der Waals surface area contributed by atoms with E-state index in [0.29, 0.717) is 44.4 Å². The average molecular weight is 483 g/mol. The van der Waals surface area contributed by atoms with E-state index in [1.165, 1.54) is 23.1 Å². The normalized spacial score (nSPS) is 19.3. The first-order valence-corrected chi connectivity index (χ1v) is 11.8. The molecule has 186 valence electrons. The topological polar surface area (TPSA) is 126 Å². The molecule has 2 N–H and O–H groups in total. The van der Waals surface area contributed by atoms with Crippen molar-refractivity contribution in [2.75, 3.05) is 51.4 Å². The number of methoxy groups -OCH3 is 1. The maximum atomic E-state index is 11.3. The van der Waals surface area contributed by atoms with Crippen molar-refractivity contribution in [2.24, 2.45) is 0 Å². The van der Waals surface area contributed by atoms with Gasteiger partial charge in [-0.3, -0.25) is 0 Å². The van der Waals surface area contributed by atoms with Gasteiger partial charge in [0.15, 0.2) is 5.82 Å². The Bertz CT molecular complexity index is 1220. The highest BCUT2D eigenvalue weighted by molar-refractivity contribution is 5.82. The van der Waals surface area contributed by atoms with Crippen LogP contribution in [0, 0.1) is 6.92 Å². The molecule has 2 aromatic heterocycles. The van der Waals surface area contributed by atoms with Gasteiger partial charge in [-0.2, -0.15) is 15.1 Å². The highest BCUT2D eigenvalue weighted by atomic mass is 16.5. The molecule has 4 heterocycles. The minimum Gasteiger partial charge on any atom is -0.467 e. The van der Waals surface area contributed by atoms with Crippen LogP contribution in [-0.2, 0) is 4.74 Å². The lowest BCUT2D eigenvalue weighted by Gasteiger charge is -2.33. The van der Waals surface area contributed by atoms with Gasteiger partial charge in [0.25, 0.3) is 0 Å². The molecule has 2 fully saturated rings. The number of aromatic nitrogens is 4. The standard InChI is InChI=1S/C24H30N6O5/c1-15-9-17-12-25-30(20(17)10-19(15)16-3-5-28(6-4-16)24(32)33)22-11-21(26-23(27-22)34-2)29-7-8-35-18(13-29)14-31/h9-12,16,18,31H,3-8,13-14H2,1-2H3,(H,32,33). The second-order valence-electron chi connectivity index (χ2n) is 9.06. The van der Waals surface area contributed by atoms with Gasteiger partial charge in [0.1, 0.15) is 5.82 Å². The lowest BCUT2D eigenvalue weighted by molar-refractivity contribution is 0.00333. The summed E-state index contributed by atoms with van der Waals surface area (Å²) in [5, 5.41) is 24.4. The van der Waals surface area contributed by atoms with Crippen LogP contribution in [0.15, 0.2) is 24.4 Å². The number of likely N-dealkylation sites (tertiary alicyclic amines) is 1. The van der Waals surface area contributed by atoms with E-state index in [1.54, 1.807) is 4.68 Å². The summed E-state index contributed by atoms with van der Waals surface area (Å²) in [4.78, 5) is 23.9. The summed E-state index contributed by atoms with van der Waals surface area (Å²) in [5.41, 5.74) is 3.31. The number of ether oxygens (including phenoxy) is 2. The Morgan fingerprint density at radius 2 is 1.94 bits per heavy atom. The van der Waals surface area contributed by atoms with Crippen LogP contribution >= 0.6 is 0 Å². The quantitative estimate of drug-likeness (QED) is 0.563. The Kier molecular flexibility index (Phi) is 6.44. The van der Waals surface area contributed by atoms with Gasteiger partial charge in [-0.1, -0.05) is 0 Å². The first kappa shape index (κ1) is 23.3. The molecule has 1 atom stereocenters. The summed E-state index contributed by atoms with van der Waals surface area (Å²) >= 11 is 0. The molecule has 35 heavy (non-hydrogen) atoms. The smallest absolute Gasteiger partial charge is 0.407 e. The van der Waals surface area contributed by atoms with Crippen LogP contribution in [0.1, 0.15) is 29.9 Å². The Labute approximate surface area is 202 Å². The number of carboxylic acid groups (broad SMARTS) is 1. The number of hydrogen-bond donors (Lipinski definition) is 2. The van der Waals surface area contributed by atoms with Gasteiger partial charge in [0.05, 0.1) is 38.1 Å². The highest BCUT2D eigenvalue weighted by Gasteiger charge is 2.26. The zero-order valence-electron chi connectivity index (χ0n) is 19.9. The van der Waals surface area contributed by atoms with Gasteiger partial charge in [-0.25, -0.2) is 9.48 Å². The van der Waals surface area contributed by atoms with Crippen LogP contribution in [0.4, 0.5) is 10.6 Å². The highest BCUT2D eigenvalue weighted by Crippen LogP contribution is 2.34. The number of fused-ring (bicyclic) bond motifs is 1. The fraction of sp³-hybridized carbons (Fsp3) is 0.500. The van der Waals surface area contributed by atoms with E-state index in [1.807, 2.05) is 12.3 Å². The number of nitrogens with zero attached hydrogens (tertiary/aromatic N) is 6. The molecule has 3 aromatic rings. The molecule has 0 saturated carbocycles. The molecule has 2 aliphatic heterocycles. The van der Waals surface area contributed by atoms with Crippen molar-refractivity contribution < 1.29 is 24.5 Å². The van der Waals surface area contributed by atoms with Gasteiger partial charge in [-0.15, -0.1) is 0 Å². The Hall–Kier alpha value is -3.44. The number of hydrogen-bond acceptors (Lipinski definition) is 8. The van der Waals surface area contributed by atoms with Crippen molar-refractivity contribution in [3.63, 3.8) is 0 Å². The minimum atomic E-state index is -0.854. The molecule has 1 aromatic carbocycles. The van der Waals surface area contributed by atoms with E-state index in [4.69, 9.17) is 9.47 Å². The summed E-state index contributed by atoms with van der Waals surface area (Å²) in [7, 11) is 1.53. The molecule has 11 heteroatoms. The summed E-state index contributed by atoms with van der Waals surface area (Å²) < 4.78 is 12.8. The van der Waals surface area contributed by atoms with E-state index in [0.717, 1.165) is 23.7 Å². The van der Waals surface area contributed by atoms with Crippen molar-refractivity contribution in [1.29, 1.82) is 0 Å². The van der Waals surface area contributed by atoms with E-state index >= 15 is 0 Å². The molecule has 2 saturated heterocycles. The molecular formula is C24H30N6O5. The third kappa shape index (κ3) is 4.61. The number of benzene rings is 1. The van der Waals surface area contributed by atoms with E-state index in [2.05, 4.69) is 39.0 Å². The summed E-state index contributed by atoms with van der Waals surface area (Å²) in [6, 6.07) is 6.40. The molecule has 2 aliphatic rings. The number of aliphatic hydroxyl groups excluding tert-OH is 1.